The van der Waals surface area contributed by atoms with E-state index >= 15 is 0 Å². The minimum atomic E-state index is -0.116. The van der Waals surface area contributed by atoms with Gasteiger partial charge >= 0.3 is 59.1 Å². The van der Waals surface area contributed by atoms with Gasteiger partial charge in [0.2, 0.25) is 0 Å². The van der Waals surface area contributed by atoms with Crippen LogP contribution in [-0.2, 0) is 0 Å². The summed E-state index contributed by atoms with van der Waals surface area (Å²) in [6, 6.07) is 0. The van der Waals surface area contributed by atoms with Gasteiger partial charge in [-0.2, -0.15) is 0 Å². The molecule has 0 rings (SSSR count). The van der Waals surface area contributed by atoms with Crippen molar-refractivity contribution >= 4 is 0 Å². The van der Waals surface area contributed by atoms with Crippen LogP contribution in [-0.4, -0.2) is 11.2 Å². The molecule has 0 aromatic heterocycles. The first-order valence-corrected chi connectivity index (χ1v) is 1.95. The van der Waals surface area contributed by atoms with Gasteiger partial charge in [0.05, 0.1) is 6.10 Å². The maximum Gasteiger partial charge on any atom is 1.00 e. The second kappa shape index (κ2) is 10.9. The molecule has 0 saturated heterocycles. The van der Waals surface area contributed by atoms with E-state index in [9.17, 15) is 0 Å². The second-order valence-corrected chi connectivity index (χ2v) is 1.26. The number of rotatable bonds is 1. The summed E-state index contributed by atoms with van der Waals surface area (Å²) in [6.07, 6.45) is 0.745. The summed E-state index contributed by atoms with van der Waals surface area (Å²) in [7, 11) is 0. The number of hydrogen-bond donors (Lipinski definition) is 1. The molecule has 7 heavy (non-hydrogen) atoms. The Balaban J connectivity index is -0.0000000133. The predicted octanol–water partition coefficient (Wildman–Crippen LogP) is -4.99. The smallest absolute Gasteiger partial charge is 1.00 e. The molecular formula is C4H12Na2O. The fourth-order valence-corrected chi connectivity index (χ4v) is 0. The first-order valence-electron chi connectivity index (χ1n) is 1.95. The molecule has 1 unspecified atom stereocenters. The van der Waals surface area contributed by atoms with Crippen LogP contribution in [0.4, 0.5) is 0 Å². The molecule has 0 aromatic rings. The zero-order valence-electron chi connectivity index (χ0n) is 7.73. The SMILES string of the molecule is CCC(C)O.[H-].[H-].[Na+].[Na+]. The van der Waals surface area contributed by atoms with E-state index in [0.717, 1.165) is 6.42 Å². The van der Waals surface area contributed by atoms with Gasteiger partial charge in [-0.3, -0.25) is 0 Å². The van der Waals surface area contributed by atoms with Crippen molar-refractivity contribution in [1.82, 2.24) is 0 Å². The molecule has 0 aliphatic rings. The average molecular weight is 122 g/mol. The molecule has 0 fully saturated rings. The summed E-state index contributed by atoms with van der Waals surface area (Å²) < 4.78 is 0. The molecule has 0 aromatic carbocycles. The summed E-state index contributed by atoms with van der Waals surface area (Å²) in [6.45, 7) is 3.73. The molecule has 0 heterocycles. The fourth-order valence-electron chi connectivity index (χ4n) is 0. The van der Waals surface area contributed by atoms with Crippen LogP contribution >= 0.6 is 0 Å². The van der Waals surface area contributed by atoms with Crippen molar-refractivity contribution < 1.29 is 67.1 Å². The summed E-state index contributed by atoms with van der Waals surface area (Å²) in [4.78, 5) is 0. The minimum absolute atomic E-state index is 0. The van der Waals surface area contributed by atoms with E-state index < -0.39 is 0 Å². The molecule has 1 nitrogen and oxygen atoms in total. The Labute approximate surface area is 92.4 Å². The number of aliphatic hydroxyl groups is 1. The van der Waals surface area contributed by atoms with Crippen LogP contribution in [0.25, 0.3) is 0 Å². The predicted molar refractivity (Wildman–Crippen MR) is 24.2 cm³/mol. The van der Waals surface area contributed by atoms with Crippen molar-refractivity contribution in [3.63, 3.8) is 0 Å². The number of hydrogen-bond acceptors (Lipinski definition) is 1. The molecule has 3 heteroatoms. The van der Waals surface area contributed by atoms with Crippen LogP contribution in [0.15, 0.2) is 0 Å². The third kappa shape index (κ3) is 18.0. The van der Waals surface area contributed by atoms with Crippen LogP contribution < -0.4 is 59.1 Å². The second-order valence-electron chi connectivity index (χ2n) is 1.26. The summed E-state index contributed by atoms with van der Waals surface area (Å²) in [5.74, 6) is 0. The molecule has 0 saturated carbocycles. The van der Waals surface area contributed by atoms with Gasteiger partial charge < -0.3 is 7.96 Å². The van der Waals surface area contributed by atoms with E-state index in [1.165, 1.54) is 0 Å². The number of aliphatic hydroxyl groups excluding tert-OH is 1. The van der Waals surface area contributed by atoms with Crippen LogP contribution in [0.3, 0.4) is 0 Å². The Morgan fingerprint density at radius 3 is 1.71 bits per heavy atom. The molecule has 0 bridgehead atoms. The largest absolute Gasteiger partial charge is 1.00 e. The fraction of sp³-hybridized carbons (Fsp3) is 1.00. The normalized spacial score (nSPS) is 10.7. The summed E-state index contributed by atoms with van der Waals surface area (Å²) in [5, 5.41) is 8.36. The van der Waals surface area contributed by atoms with E-state index in [1.807, 2.05) is 6.92 Å². The Morgan fingerprint density at radius 1 is 1.57 bits per heavy atom. The van der Waals surface area contributed by atoms with E-state index in [0.29, 0.717) is 0 Å². The Kier molecular flexibility index (Phi) is 24.8. The first-order chi connectivity index (χ1) is 2.27. The standard InChI is InChI=1S/C4H10O.2Na.2H/c1-3-4(2)5;;;;/h4-5H,3H2,1-2H3;;;;/q;2*+1;2*-1. The van der Waals surface area contributed by atoms with Gasteiger partial charge in [0, 0.05) is 0 Å². The van der Waals surface area contributed by atoms with Crippen LogP contribution in [0, 0.1) is 0 Å². The van der Waals surface area contributed by atoms with Crippen molar-refractivity contribution in [1.29, 1.82) is 0 Å². The third-order valence-electron chi connectivity index (χ3n) is 0.591. The van der Waals surface area contributed by atoms with E-state index in [2.05, 4.69) is 0 Å². The van der Waals surface area contributed by atoms with Gasteiger partial charge in [0.1, 0.15) is 0 Å². The van der Waals surface area contributed by atoms with E-state index in [4.69, 9.17) is 5.11 Å². The Hall–Kier alpha value is 1.96. The molecule has 1 N–H and O–H groups in total. The van der Waals surface area contributed by atoms with Gasteiger partial charge in [-0.25, -0.2) is 0 Å². The van der Waals surface area contributed by atoms with Crippen molar-refractivity contribution in [3.8, 4) is 0 Å². The summed E-state index contributed by atoms with van der Waals surface area (Å²) in [5.41, 5.74) is 0. The molecule has 0 amide bonds. The maximum atomic E-state index is 8.36. The first kappa shape index (κ1) is 16.0. The van der Waals surface area contributed by atoms with Crippen LogP contribution in [0.5, 0.6) is 0 Å². The zero-order valence-corrected chi connectivity index (χ0v) is 9.73. The monoisotopic (exact) mass is 122 g/mol. The van der Waals surface area contributed by atoms with Gasteiger partial charge in [0.25, 0.3) is 0 Å². The van der Waals surface area contributed by atoms with E-state index in [1.54, 1.807) is 6.92 Å². The van der Waals surface area contributed by atoms with Crippen molar-refractivity contribution in [3.05, 3.63) is 0 Å². The maximum absolute atomic E-state index is 8.36. The zero-order chi connectivity index (χ0) is 4.28. The van der Waals surface area contributed by atoms with E-state index in [-0.39, 0.29) is 68.1 Å². The van der Waals surface area contributed by atoms with Gasteiger partial charge in [-0.15, -0.1) is 0 Å². The topological polar surface area (TPSA) is 20.2 Å². The van der Waals surface area contributed by atoms with Crippen LogP contribution in [0.1, 0.15) is 23.1 Å². The molecule has 0 aliphatic heterocycles. The van der Waals surface area contributed by atoms with Gasteiger partial charge in [0.15, 0.2) is 0 Å². The molecule has 36 valence electrons. The molecule has 0 spiro atoms. The van der Waals surface area contributed by atoms with Gasteiger partial charge in [-0.05, 0) is 13.3 Å². The average Bonchev–Trinajstić information content (AvgIpc) is 1.38. The minimum Gasteiger partial charge on any atom is -1.00 e. The molecule has 0 aliphatic carbocycles. The molecule has 1 atom stereocenters. The van der Waals surface area contributed by atoms with Crippen molar-refractivity contribution in [2.75, 3.05) is 0 Å². The summed E-state index contributed by atoms with van der Waals surface area (Å²) >= 11 is 0. The Morgan fingerprint density at radius 2 is 1.71 bits per heavy atom. The Bertz CT molecular complexity index is 30.5. The van der Waals surface area contributed by atoms with Gasteiger partial charge in [-0.1, -0.05) is 6.92 Å². The van der Waals surface area contributed by atoms with Crippen molar-refractivity contribution in [2.45, 2.75) is 26.4 Å². The molecular weight excluding hydrogens is 110 g/mol. The molecule has 0 radical (unpaired) electrons. The third-order valence-corrected chi connectivity index (χ3v) is 0.591. The van der Waals surface area contributed by atoms with Crippen LogP contribution in [0.2, 0.25) is 0 Å². The van der Waals surface area contributed by atoms with Crippen molar-refractivity contribution in [2.24, 2.45) is 0 Å². The quantitative estimate of drug-likeness (QED) is 0.345.